The standard InChI is InChI=1S/C36H46N4O7/c1-35(2,3)18-17-24-10-7-8-11-25(24)22-40-30(33(43)39-21-23-13-15-26(45-4)16-14-23)29-31(42)32-27(46-32)20-36(29,47-40)34(44)38-19-9-5-6-12-28(37)41/h7-8,10-11,13-16,27,29-32,42H,5-6,9,12,19-22H2,1-4H3,(H2,37,41)(H,38,44)(H,39,43)/t27-,29+,30-,31-,32-,36-/m0/s1. The topological polar surface area (TPSA) is 156 Å². The van der Waals surface area contributed by atoms with Crippen LogP contribution in [0.1, 0.15) is 69.6 Å². The summed E-state index contributed by atoms with van der Waals surface area (Å²) in [4.78, 5) is 45.9. The van der Waals surface area contributed by atoms with Crippen LogP contribution in [0.25, 0.3) is 0 Å². The third-order valence-electron chi connectivity index (χ3n) is 8.88. The number of fused-ring (bicyclic) bond motifs is 2. The summed E-state index contributed by atoms with van der Waals surface area (Å²) in [6.45, 7) is 6.85. The average Bonchev–Trinajstić information content (AvgIpc) is 3.74. The van der Waals surface area contributed by atoms with Gasteiger partial charge in [-0.3, -0.25) is 19.2 Å². The molecule has 11 nitrogen and oxygen atoms in total. The van der Waals surface area contributed by atoms with Crippen LogP contribution >= 0.6 is 0 Å². The summed E-state index contributed by atoms with van der Waals surface area (Å²) in [5, 5.41) is 19.1. The minimum Gasteiger partial charge on any atom is -0.497 e. The van der Waals surface area contributed by atoms with Gasteiger partial charge in [0.25, 0.3) is 5.91 Å². The second kappa shape index (κ2) is 14.4. The van der Waals surface area contributed by atoms with E-state index >= 15 is 0 Å². The van der Waals surface area contributed by atoms with Gasteiger partial charge in [0.1, 0.15) is 17.9 Å². The summed E-state index contributed by atoms with van der Waals surface area (Å²) in [5.74, 6) is 5.23. The number of nitrogens with zero attached hydrogens (tertiary/aromatic N) is 1. The molecule has 0 unspecified atom stereocenters. The van der Waals surface area contributed by atoms with E-state index in [1.54, 1.807) is 12.2 Å². The van der Waals surface area contributed by atoms with Crippen molar-refractivity contribution in [2.75, 3.05) is 13.7 Å². The van der Waals surface area contributed by atoms with E-state index in [-0.39, 0.29) is 42.8 Å². The number of rotatable bonds is 13. The first-order valence-electron chi connectivity index (χ1n) is 16.3. The lowest BCUT2D eigenvalue weighted by molar-refractivity contribution is -0.219. The Morgan fingerprint density at radius 3 is 2.53 bits per heavy atom. The van der Waals surface area contributed by atoms with Crippen molar-refractivity contribution in [1.82, 2.24) is 15.7 Å². The van der Waals surface area contributed by atoms with Gasteiger partial charge in [-0.2, -0.15) is 5.06 Å². The van der Waals surface area contributed by atoms with Crippen LogP contribution in [0.4, 0.5) is 0 Å². The molecular formula is C36H46N4O7. The number of benzene rings is 2. The summed E-state index contributed by atoms with van der Waals surface area (Å²) in [6, 6.07) is 14.0. The molecule has 0 spiro atoms. The number of nitrogens with two attached hydrogens (primary N) is 1. The van der Waals surface area contributed by atoms with E-state index in [2.05, 4.69) is 22.5 Å². The Morgan fingerprint density at radius 2 is 1.83 bits per heavy atom. The number of epoxide rings is 1. The third-order valence-corrected chi connectivity index (χ3v) is 8.88. The highest BCUT2D eigenvalue weighted by Crippen LogP contribution is 2.53. The molecule has 5 rings (SSSR count). The van der Waals surface area contributed by atoms with Crippen molar-refractivity contribution < 1.29 is 33.8 Å². The Balaban J connectivity index is 1.43. The predicted molar refractivity (Wildman–Crippen MR) is 174 cm³/mol. The number of nitrogens with one attached hydrogen (secondary N) is 2. The van der Waals surface area contributed by atoms with E-state index < -0.39 is 35.7 Å². The van der Waals surface area contributed by atoms with Crippen molar-refractivity contribution in [3.8, 4) is 17.6 Å². The van der Waals surface area contributed by atoms with Crippen molar-refractivity contribution >= 4 is 17.7 Å². The number of hydroxylamine groups is 2. The molecule has 47 heavy (non-hydrogen) atoms. The summed E-state index contributed by atoms with van der Waals surface area (Å²) in [5.41, 5.74) is 5.98. The van der Waals surface area contributed by atoms with Crippen molar-refractivity contribution in [3.05, 3.63) is 65.2 Å². The molecule has 1 aliphatic carbocycles. The van der Waals surface area contributed by atoms with Crippen molar-refractivity contribution in [2.24, 2.45) is 17.1 Å². The molecule has 3 aliphatic rings. The summed E-state index contributed by atoms with van der Waals surface area (Å²) in [6.07, 6.45) is 0.555. The number of hydrogen-bond donors (Lipinski definition) is 4. The highest BCUT2D eigenvalue weighted by molar-refractivity contribution is 5.90. The third kappa shape index (κ3) is 8.14. The Bertz CT molecular complexity index is 1510. The van der Waals surface area contributed by atoms with Gasteiger partial charge in [-0.25, -0.2) is 0 Å². The van der Waals surface area contributed by atoms with Gasteiger partial charge < -0.3 is 30.9 Å². The molecule has 6 atom stereocenters. The summed E-state index contributed by atoms with van der Waals surface area (Å²) < 4.78 is 11.0. The molecule has 2 aliphatic heterocycles. The Morgan fingerprint density at radius 1 is 1.09 bits per heavy atom. The van der Waals surface area contributed by atoms with Gasteiger partial charge in [0.2, 0.25) is 11.8 Å². The number of aliphatic hydroxyl groups is 1. The maximum atomic E-state index is 14.2. The second-order valence-corrected chi connectivity index (χ2v) is 13.6. The fourth-order valence-electron chi connectivity index (χ4n) is 6.42. The minimum atomic E-state index is -1.53. The first-order chi connectivity index (χ1) is 22.4. The maximum absolute atomic E-state index is 14.2. The van der Waals surface area contributed by atoms with Gasteiger partial charge in [-0.05, 0) is 62.9 Å². The molecule has 0 bridgehead atoms. The number of aliphatic hydroxyl groups excluding tert-OH is 1. The molecule has 2 aromatic rings. The molecule has 252 valence electrons. The minimum absolute atomic E-state index is 0.164. The average molecular weight is 647 g/mol. The summed E-state index contributed by atoms with van der Waals surface area (Å²) >= 11 is 0. The lowest BCUT2D eigenvalue weighted by Gasteiger charge is -2.37. The van der Waals surface area contributed by atoms with E-state index in [9.17, 15) is 19.5 Å². The van der Waals surface area contributed by atoms with Gasteiger partial charge in [0.05, 0.1) is 31.8 Å². The zero-order chi connectivity index (χ0) is 33.8. The zero-order valence-electron chi connectivity index (χ0n) is 27.6. The predicted octanol–water partition coefficient (Wildman–Crippen LogP) is 2.57. The van der Waals surface area contributed by atoms with E-state index in [1.807, 2.05) is 69.3 Å². The molecule has 11 heteroatoms. The number of primary amides is 1. The number of hydrogen-bond acceptors (Lipinski definition) is 8. The van der Waals surface area contributed by atoms with Gasteiger partial charge >= 0.3 is 0 Å². The van der Waals surface area contributed by atoms with Crippen LogP contribution < -0.4 is 21.1 Å². The van der Waals surface area contributed by atoms with Gasteiger partial charge in [0, 0.05) is 36.9 Å². The first kappa shape index (κ1) is 34.4. The molecule has 3 fully saturated rings. The number of carbonyl (C=O) groups is 3. The van der Waals surface area contributed by atoms with Crippen LogP contribution in [0.15, 0.2) is 48.5 Å². The van der Waals surface area contributed by atoms with Crippen LogP contribution in [0.2, 0.25) is 0 Å². The zero-order valence-corrected chi connectivity index (χ0v) is 27.6. The Labute approximate surface area is 276 Å². The number of unbranched alkanes of at least 4 members (excludes halogenated alkanes) is 2. The van der Waals surface area contributed by atoms with Crippen LogP contribution in [0, 0.1) is 23.2 Å². The highest BCUT2D eigenvalue weighted by Gasteiger charge is 2.72. The van der Waals surface area contributed by atoms with Crippen molar-refractivity contribution in [2.45, 2.75) is 95.9 Å². The molecule has 2 aromatic carbocycles. The molecule has 2 heterocycles. The number of carbonyl (C=O) groups excluding carboxylic acids is 3. The van der Waals surface area contributed by atoms with Crippen LogP contribution in [0.3, 0.4) is 0 Å². The first-order valence-corrected chi connectivity index (χ1v) is 16.3. The second-order valence-electron chi connectivity index (χ2n) is 13.6. The molecule has 2 saturated heterocycles. The fraction of sp³-hybridized carbons (Fsp3) is 0.528. The van der Waals surface area contributed by atoms with Crippen LogP contribution in [-0.4, -0.2) is 71.5 Å². The SMILES string of the molecule is COc1ccc(CNC(=O)[C@@H]2[C@@H]3[C@H](O)[C@H]4O[C@H]4C[C@]3(C(=O)NCCCCCC(N)=O)ON2Cc2ccccc2C#CC(C)(C)C)cc1. The van der Waals surface area contributed by atoms with Crippen LogP contribution in [0.5, 0.6) is 5.75 Å². The largest absolute Gasteiger partial charge is 0.497 e. The quantitative estimate of drug-likeness (QED) is 0.147. The van der Waals surface area contributed by atoms with Gasteiger partial charge in [-0.15, -0.1) is 0 Å². The lowest BCUT2D eigenvalue weighted by Crippen LogP contribution is -2.61. The van der Waals surface area contributed by atoms with E-state index in [4.69, 9.17) is 20.0 Å². The molecule has 5 N–H and O–H groups in total. The van der Waals surface area contributed by atoms with E-state index in [0.29, 0.717) is 38.0 Å². The lowest BCUT2D eigenvalue weighted by atomic mass is 9.70. The molecule has 1 saturated carbocycles. The maximum Gasteiger partial charge on any atom is 0.254 e. The number of methoxy groups -OCH3 is 1. The van der Waals surface area contributed by atoms with Crippen molar-refractivity contribution in [3.63, 3.8) is 0 Å². The Kier molecular flexibility index (Phi) is 10.6. The number of ether oxygens (including phenoxy) is 2. The van der Waals surface area contributed by atoms with Crippen molar-refractivity contribution in [1.29, 1.82) is 0 Å². The normalized spacial score (nSPS) is 26.3. The molecule has 0 aromatic heterocycles. The van der Waals surface area contributed by atoms with E-state index in [0.717, 1.165) is 16.7 Å². The van der Waals surface area contributed by atoms with Gasteiger partial charge in [-0.1, -0.05) is 48.6 Å². The smallest absolute Gasteiger partial charge is 0.254 e. The van der Waals surface area contributed by atoms with E-state index in [1.165, 1.54) is 0 Å². The molecular weight excluding hydrogens is 600 g/mol. The molecule has 0 radical (unpaired) electrons. The fourth-order valence-corrected chi connectivity index (χ4v) is 6.42. The monoisotopic (exact) mass is 646 g/mol. The Hall–Kier alpha value is -3.95. The number of amides is 3. The van der Waals surface area contributed by atoms with Crippen LogP contribution in [-0.2, 0) is 37.0 Å². The molecule has 3 amide bonds. The van der Waals surface area contributed by atoms with Gasteiger partial charge in [0.15, 0.2) is 5.60 Å². The summed E-state index contributed by atoms with van der Waals surface area (Å²) in [7, 11) is 1.59. The highest BCUT2D eigenvalue weighted by atomic mass is 16.7.